The molecule has 0 radical (unpaired) electrons. The molecular formula is C21H18FNO2. The number of amides is 1. The number of halogens is 1. The van der Waals surface area contributed by atoms with E-state index in [0.717, 1.165) is 5.56 Å². The highest BCUT2D eigenvalue weighted by molar-refractivity contribution is 5.94. The van der Waals surface area contributed by atoms with Crippen LogP contribution in [-0.4, -0.2) is 5.91 Å². The van der Waals surface area contributed by atoms with E-state index in [1.165, 1.54) is 12.1 Å². The molecule has 126 valence electrons. The number of benzene rings is 3. The quantitative estimate of drug-likeness (QED) is 0.728. The van der Waals surface area contributed by atoms with Crippen LogP contribution in [0.15, 0.2) is 78.9 Å². The van der Waals surface area contributed by atoms with E-state index in [0.29, 0.717) is 23.5 Å². The molecule has 3 nitrogen and oxygen atoms in total. The number of carbonyl (C=O) groups is 1. The first kappa shape index (κ1) is 16.7. The second kappa shape index (κ2) is 8.11. The van der Waals surface area contributed by atoms with Gasteiger partial charge < -0.3 is 10.1 Å². The first-order valence-electron chi connectivity index (χ1n) is 8.00. The summed E-state index contributed by atoms with van der Waals surface area (Å²) in [5.74, 6) is 0.0831. The van der Waals surface area contributed by atoms with E-state index < -0.39 is 0 Å². The van der Waals surface area contributed by atoms with E-state index in [4.69, 9.17) is 4.74 Å². The third-order valence-electron chi connectivity index (χ3n) is 3.69. The van der Waals surface area contributed by atoms with Gasteiger partial charge in [0, 0.05) is 12.1 Å². The van der Waals surface area contributed by atoms with Gasteiger partial charge in [0.15, 0.2) is 0 Å². The first-order chi connectivity index (χ1) is 12.2. The molecule has 3 aromatic rings. The van der Waals surface area contributed by atoms with Gasteiger partial charge in [0.1, 0.15) is 18.2 Å². The Labute approximate surface area is 146 Å². The van der Waals surface area contributed by atoms with Crippen LogP contribution in [0.5, 0.6) is 5.75 Å². The molecule has 0 spiro atoms. The molecule has 4 heteroatoms. The van der Waals surface area contributed by atoms with Crippen molar-refractivity contribution in [3.63, 3.8) is 0 Å². The van der Waals surface area contributed by atoms with Gasteiger partial charge in [0.25, 0.3) is 5.91 Å². The molecule has 3 aromatic carbocycles. The van der Waals surface area contributed by atoms with Gasteiger partial charge in [-0.25, -0.2) is 4.39 Å². The lowest BCUT2D eigenvalue weighted by Crippen LogP contribution is -2.22. The van der Waals surface area contributed by atoms with Gasteiger partial charge in [0.05, 0.1) is 0 Å². The summed E-state index contributed by atoms with van der Waals surface area (Å²) < 4.78 is 18.9. The molecule has 1 amide bonds. The van der Waals surface area contributed by atoms with Crippen molar-refractivity contribution in [2.75, 3.05) is 0 Å². The molecule has 1 N–H and O–H groups in total. The summed E-state index contributed by atoms with van der Waals surface area (Å²) in [6, 6.07) is 23.0. The molecule has 0 unspecified atom stereocenters. The largest absolute Gasteiger partial charge is 0.489 e. The summed E-state index contributed by atoms with van der Waals surface area (Å²) in [5, 5.41) is 2.78. The minimum atomic E-state index is -0.317. The Bertz CT molecular complexity index is 849. The molecule has 0 aromatic heterocycles. The molecule has 0 saturated heterocycles. The topological polar surface area (TPSA) is 38.3 Å². The van der Waals surface area contributed by atoms with Crippen molar-refractivity contribution in [1.29, 1.82) is 0 Å². The van der Waals surface area contributed by atoms with E-state index in [1.54, 1.807) is 30.3 Å². The minimum absolute atomic E-state index is 0.227. The van der Waals surface area contributed by atoms with E-state index in [2.05, 4.69) is 5.32 Å². The van der Waals surface area contributed by atoms with Crippen LogP contribution in [0.1, 0.15) is 21.5 Å². The lowest BCUT2D eigenvalue weighted by Gasteiger charge is -2.09. The van der Waals surface area contributed by atoms with Gasteiger partial charge in [0.2, 0.25) is 0 Å². The maximum Gasteiger partial charge on any atom is 0.251 e. The van der Waals surface area contributed by atoms with Crippen molar-refractivity contribution in [2.45, 2.75) is 13.2 Å². The van der Waals surface area contributed by atoms with Crippen molar-refractivity contribution < 1.29 is 13.9 Å². The first-order valence-corrected chi connectivity index (χ1v) is 8.00. The van der Waals surface area contributed by atoms with Gasteiger partial charge in [-0.05, 0) is 41.5 Å². The van der Waals surface area contributed by atoms with Crippen molar-refractivity contribution in [3.8, 4) is 5.75 Å². The normalized spacial score (nSPS) is 10.3. The van der Waals surface area contributed by atoms with Gasteiger partial charge >= 0.3 is 0 Å². The molecule has 0 saturated carbocycles. The minimum Gasteiger partial charge on any atom is -0.489 e. The van der Waals surface area contributed by atoms with Gasteiger partial charge in [-0.1, -0.05) is 48.5 Å². The van der Waals surface area contributed by atoms with E-state index in [9.17, 15) is 9.18 Å². The Hall–Kier alpha value is -3.14. The lowest BCUT2D eigenvalue weighted by atomic mass is 10.2. The van der Waals surface area contributed by atoms with E-state index in [1.807, 2.05) is 36.4 Å². The third-order valence-corrected chi connectivity index (χ3v) is 3.69. The summed E-state index contributed by atoms with van der Waals surface area (Å²) in [7, 11) is 0. The molecule has 0 aliphatic rings. The number of hydrogen-bond donors (Lipinski definition) is 1. The molecule has 25 heavy (non-hydrogen) atoms. The van der Waals surface area contributed by atoms with E-state index >= 15 is 0 Å². The molecule has 0 atom stereocenters. The number of rotatable bonds is 6. The van der Waals surface area contributed by atoms with Gasteiger partial charge in [-0.15, -0.1) is 0 Å². The smallest absolute Gasteiger partial charge is 0.251 e. The standard InChI is InChI=1S/C21H18FNO2/c22-19-10-4-8-17(12-19)14-23-21(24)18-9-5-11-20(13-18)25-15-16-6-2-1-3-7-16/h1-13H,14-15H2,(H,23,24). The number of carbonyl (C=O) groups excluding carboxylic acids is 1. The van der Waals surface area contributed by atoms with Crippen LogP contribution >= 0.6 is 0 Å². The fraction of sp³-hybridized carbons (Fsp3) is 0.0952. The third kappa shape index (κ3) is 4.91. The zero-order chi connectivity index (χ0) is 17.5. The monoisotopic (exact) mass is 335 g/mol. The van der Waals surface area contributed by atoms with Gasteiger partial charge in [-0.2, -0.15) is 0 Å². The molecule has 3 rings (SSSR count). The summed E-state index contributed by atoms with van der Waals surface area (Å²) in [6.07, 6.45) is 0. The fourth-order valence-corrected chi connectivity index (χ4v) is 2.40. The predicted molar refractivity (Wildman–Crippen MR) is 94.8 cm³/mol. The highest BCUT2D eigenvalue weighted by Crippen LogP contribution is 2.15. The average Bonchev–Trinajstić information content (AvgIpc) is 2.65. The van der Waals surface area contributed by atoms with Crippen LogP contribution in [0.4, 0.5) is 4.39 Å². The van der Waals surface area contributed by atoms with Crippen molar-refractivity contribution in [3.05, 3.63) is 101 Å². The number of ether oxygens (including phenoxy) is 1. The highest BCUT2D eigenvalue weighted by atomic mass is 19.1. The van der Waals surface area contributed by atoms with Crippen LogP contribution in [0.2, 0.25) is 0 Å². The summed E-state index contributed by atoms with van der Waals surface area (Å²) in [6.45, 7) is 0.709. The highest BCUT2D eigenvalue weighted by Gasteiger charge is 2.07. The van der Waals surface area contributed by atoms with Crippen LogP contribution in [0.3, 0.4) is 0 Å². The fourth-order valence-electron chi connectivity index (χ4n) is 2.40. The summed E-state index contributed by atoms with van der Waals surface area (Å²) in [4.78, 5) is 12.3. The molecule has 0 fully saturated rings. The van der Waals surface area contributed by atoms with Crippen molar-refractivity contribution >= 4 is 5.91 Å². The Morgan fingerprint density at radius 2 is 1.64 bits per heavy atom. The second-order valence-corrected chi connectivity index (χ2v) is 5.61. The molecule has 0 bridgehead atoms. The summed E-state index contributed by atoms with van der Waals surface area (Å²) in [5.41, 5.74) is 2.27. The SMILES string of the molecule is O=C(NCc1cccc(F)c1)c1cccc(OCc2ccccc2)c1. The van der Waals surface area contributed by atoms with Crippen LogP contribution in [0.25, 0.3) is 0 Å². The van der Waals surface area contributed by atoms with Crippen molar-refractivity contribution in [1.82, 2.24) is 5.32 Å². The predicted octanol–water partition coefficient (Wildman–Crippen LogP) is 4.33. The maximum absolute atomic E-state index is 13.2. The van der Waals surface area contributed by atoms with Crippen LogP contribution < -0.4 is 10.1 Å². The number of hydrogen-bond acceptors (Lipinski definition) is 2. The maximum atomic E-state index is 13.2. The Balaban J connectivity index is 1.59. The lowest BCUT2D eigenvalue weighted by molar-refractivity contribution is 0.0950. The zero-order valence-electron chi connectivity index (χ0n) is 13.6. The molecule has 0 aliphatic carbocycles. The zero-order valence-corrected chi connectivity index (χ0v) is 13.6. The van der Waals surface area contributed by atoms with Gasteiger partial charge in [-0.3, -0.25) is 4.79 Å². The molecular weight excluding hydrogens is 317 g/mol. The van der Waals surface area contributed by atoms with Crippen molar-refractivity contribution in [2.24, 2.45) is 0 Å². The van der Waals surface area contributed by atoms with Crippen LogP contribution in [-0.2, 0) is 13.2 Å². The molecule has 0 aliphatic heterocycles. The Kier molecular flexibility index (Phi) is 5.42. The Morgan fingerprint density at radius 1 is 0.880 bits per heavy atom. The number of nitrogens with one attached hydrogen (secondary N) is 1. The molecule has 0 heterocycles. The average molecular weight is 335 g/mol. The Morgan fingerprint density at radius 3 is 2.44 bits per heavy atom. The van der Waals surface area contributed by atoms with E-state index in [-0.39, 0.29) is 18.3 Å². The summed E-state index contributed by atoms with van der Waals surface area (Å²) >= 11 is 0. The second-order valence-electron chi connectivity index (χ2n) is 5.61. The van der Waals surface area contributed by atoms with Crippen LogP contribution in [0, 0.1) is 5.82 Å².